The van der Waals surface area contributed by atoms with Crippen LogP contribution < -0.4 is 5.32 Å². The number of rotatable bonds is 48. The highest BCUT2D eigenvalue weighted by atomic mass is 16.7. The highest BCUT2D eigenvalue weighted by Gasteiger charge is 2.47. The van der Waals surface area contributed by atoms with Crippen LogP contribution in [0.4, 0.5) is 0 Å². The van der Waals surface area contributed by atoms with E-state index < -0.39 is 67.4 Å². The molecule has 0 aliphatic carbocycles. The third-order valence-electron chi connectivity index (χ3n) is 13.4. The molecule has 6 N–H and O–H groups in total. The SMILES string of the molecule is CC/C=C\C/C=C\C/C=C\C/C=C\C/C=C\CCCCCCCC(=O)OC1C(OCC(NC(=O)C(O)CCCCCCCCCCCC)C(O)/C=C/CCCCCCCCCCCC)OC(CO)C(O)C1O. The molecule has 1 aliphatic heterocycles. The molecule has 0 aromatic heterocycles. The lowest BCUT2D eigenvalue weighted by Gasteiger charge is -2.41. The Bertz CT molecular complexity index is 1440. The van der Waals surface area contributed by atoms with E-state index in [1.165, 1.54) is 89.9 Å². The summed E-state index contributed by atoms with van der Waals surface area (Å²) in [6.45, 7) is 5.63. The highest BCUT2D eigenvalue weighted by Crippen LogP contribution is 2.26. The molecule has 8 unspecified atom stereocenters. The third kappa shape index (κ3) is 36.9. The van der Waals surface area contributed by atoms with Crippen LogP contribution in [0.15, 0.2) is 72.9 Å². The number of amides is 1. The first-order valence-corrected chi connectivity index (χ1v) is 29.2. The summed E-state index contributed by atoms with van der Waals surface area (Å²) in [5.41, 5.74) is 0. The van der Waals surface area contributed by atoms with Gasteiger partial charge in [0.2, 0.25) is 5.91 Å². The molecule has 0 spiro atoms. The van der Waals surface area contributed by atoms with Crippen molar-refractivity contribution in [2.75, 3.05) is 13.2 Å². The summed E-state index contributed by atoms with van der Waals surface area (Å²) in [4.78, 5) is 26.4. The lowest BCUT2D eigenvalue weighted by molar-refractivity contribution is -0.305. The largest absolute Gasteiger partial charge is 0.454 e. The van der Waals surface area contributed by atoms with Gasteiger partial charge in [-0.15, -0.1) is 0 Å². The van der Waals surface area contributed by atoms with Crippen molar-refractivity contribution in [3.05, 3.63) is 72.9 Å². The average Bonchev–Trinajstić information content (AvgIpc) is 3.38. The molecule has 1 saturated heterocycles. The Morgan fingerprint density at radius 2 is 1.00 bits per heavy atom. The van der Waals surface area contributed by atoms with Crippen molar-refractivity contribution in [1.82, 2.24) is 5.32 Å². The van der Waals surface area contributed by atoms with Crippen LogP contribution in [-0.4, -0.2) is 99.6 Å². The summed E-state index contributed by atoms with van der Waals surface area (Å²) < 4.78 is 17.6. The quantitative estimate of drug-likeness (QED) is 0.0195. The van der Waals surface area contributed by atoms with Crippen molar-refractivity contribution >= 4 is 11.9 Å². The fourth-order valence-electron chi connectivity index (χ4n) is 8.74. The predicted octanol–water partition coefficient (Wildman–Crippen LogP) is 13.2. The smallest absolute Gasteiger partial charge is 0.306 e. The van der Waals surface area contributed by atoms with E-state index in [1.54, 1.807) is 6.08 Å². The predicted molar refractivity (Wildman–Crippen MR) is 296 cm³/mol. The highest BCUT2D eigenvalue weighted by molar-refractivity contribution is 5.80. The summed E-state index contributed by atoms with van der Waals surface area (Å²) in [6, 6.07) is -1.03. The number of esters is 1. The standard InChI is InChI=1S/C61H107NO10/c1-4-7-10-13-16-19-22-24-25-26-27-28-29-30-31-32-34-37-40-43-46-49-56(66)72-59-58(68)57(67)55(50-63)71-61(59)70-51-52(53(64)47-44-41-38-36-33-23-20-17-14-11-8-5-2)62-60(69)54(65)48-45-42-39-35-21-18-15-12-9-6-3/h7,10,16,19,24-25,27-28,30-31,44,47,52-55,57-59,61,63-65,67-68H,4-6,8-9,11-15,17-18,20-23,26,29,32-43,45-46,48-51H2,1-3H3,(H,62,69)/b10-7-,19-16-,25-24-,28-27-,31-30-,47-44+. The van der Waals surface area contributed by atoms with Crippen molar-refractivity contribution in [3.63, 3.8) is 0 Å². The molecule has 11 nitrogen and oxygen atoms in total. The van der Waals surface area contributed by atoms with E-state index in [9.17, 15) is 35.1 Å². The molecule has 1 fully saturated rings. The molecule has 1 aliphatic rings. The van der Waals surface area contributed by atoms with Crippen LogP contribution in [0.3, 0.4) is 0 Å². The lowest BCUT2D eigenvalue weighted by Crippen LogP contribution is -2.61. The number of aliphatic hydroxyl groups is 5. The van der Waals surface area contributed by atoms with Crippen LogP contribution in [0.1, 0.15) is 239 Å². The fourth-order valence-corrected chi connectivity index (χ4v) is 8.74. The Morgan fingerprint density at radius 1 is 0.556 bits per heavy atom. The Kier molecular flexibility index (Phi) is 45.7. The molecule has 8 atom stereocenters. The van der Waals surface area contributed by atoms with Crippen LogP contribution in [0.2, 0.25) is 0 Å². The van der Waals surface area contributed by atoms with Crippen LogP contribution in [0.25, 0.3) is 0 Å². The molecule has 0 saturated carbocycles. The second kappa shape index (κ2) is 49.0. The number of nitrogens with one attached hydrogen (secondary N) is 1. The maximum Gasteiger partial charge on any atom is 0.306 e. The summed E-state index contributed by atoms with van der Waals surface area (Å²) >= 11 is 0. The second-order valence-electron chi connectivity index (χ2n) is 20.0. The number of ether oxygens (including phenoxy) is 3. The molecule has 0 bridgehead atoms. The molecule has 1 heterocycles. The molecular weight excluding hydrogens is 907 g/mol. The van der Waals surface area contributed by atoms with Gasteiger partial charge >= 0.3 is 5.97 Å². The van der Waals surface area contributed by atoms with Gasteiger partial charge in [-0.25, -0.2) is 0 Å². The van der Waals surface area contributed by atoms with Gasteiger partial charge in [-0.3, -0.25) is 9.59 Å². The summed E-state index contributed by atoms with van der Waals surface area (Å²) in [5, 5.41) is 56.7. The zero-order valence-electron chi connectivity index (χ0n) is 45.8. The van der Waals surface area contributed by atoms with Gasteiger partial charge in [0.15, 0.2) is 12.4 Å². The molecule has 11 heteroatoms. The van der Waals surface area contributed by atoms with E-state index in [2.05, 4.69) is 86.8 Å². The Hall–Kier alpha value is -2.90. The summed E-state index contributed by atoms with van der Waals surface area (Å²) in [6.07, 6.45) is 50.9. The molecule has 1 rings (SSSR count). The lowest BCUT2D eigenvalue weighted by atomic mass is 9.99. The monoisotopic (exact) mass is 1010 g/mol. The molecule has 72 heavy (non-hydrogen) atoms. The minimum absolute atomic E-state index is 0.0996. The normalized spacial score (nSPS) is 20.0. The molecule has 1 amide bonds. The molecule has 0 radical (unpaired) electrons. The van der Waals surface area contributed by atoms with E-state index >= 15 is 0 Å². The number of allylic oxidation sites excluding steroid dienone is 11. The van der Waals surface area contributed by atoms with E-state index in [4.69, 9.17) is 14.2 Å². The van der Waals surface area contributed by atoms with Crippen LogP contribution in [0, 0.1) is 0 Å². The van der Waals surface area contributed by atoms with Crippen molar-refractivity contribution in [2.24, 2.45) is 0 Å². The minimum atomic E-state index is -1.62. The van der Waals surface area contributed by atoms with E-state index in [1.807, 2.05) is 6.08 Å². The first-order valence-electron chi connectivity index (χ1n) is 29.2. The van der Waals surface area contributed by atoms with Gasteiger partial charge in [0.25, 0.3) is 0 Å². The van der Waals surface area contributed by atoms with Crippen molar-refractivity contribution < 1.29 is 49.3 Å². The van der Waals surface area contributed by atoms with Gasteiger partial charge in [0, 0.05) is 6.42 Å². The third-order valence-corrected chi connectivity index (χ3v) is 13.4. The molecular formula is C61H107NO10. The van der Waals surface area contributed by atoms with Crippen molar-refractivity contribution in [1.29, 1.82) is 0 Å². The number of hydrogen-bond acceptors (Lipinski definition) is 10. The Balaban J connectivity index is 2.69. The summed E-state index contributed by atoms with van der Waals surface area (Å²) in [7, 11) is 0. The minimum Gasteiger partial charge on any atom is -0.454 e. The second-order valence-corrected chi connectivity index (χ2v) is 20.0. The number of aliphatic hydroxyl groups excluding tert-OH is 5. The fraction of sp³-hybridized carbons (Fsp3) is 0.770. The van der Waals surface area contributed by atoms with Crippen LogP contribution >= 0.6 is 0 Å². The van der Waals surface area contributed by atoms with Crippen LogP contribution in [-0.2, 0) is 23.8 Å². The molecule has 0 aromatic rings. The van der Waals surface area contributed by atoms with E-state index in [0.717, 1.165) is 103 Å². The number of carbonyl (C=O) groups is 2. The Labute approximate surface area is 439 Å². The maximum absolute atomic E-state index is 13.3. The zero-order valence-corrected chi connectivity index (χ0v) is 45.8. The number of carbonyl (C=O) groups excluding carboxylic acids is 2. The molecule has 0 aromatic carbocycles. The first-order chi connectivity index (χ1) is 35.2. The van der Waals surface area contributed by atoms with E-state index in [-0.39, 0.29) is 19.4 Å². The van der Waals surface area contributed by atoms with Gasteiger partial charge in [0.05, 0.1) is 25.4 Å². The number of hydrogen-bond donors (Lipinski definition) is 6. The topological polar surface area (TPSA) is 175 Å². The van der Waals surface area contributed by atoms with E-state index in [0.29, 0.717) is 12.8 Å². The zero-order chi connectivity index (χ0) is 52.5. The summed E-state index contributed by atoms with van der Waals surface area (Å²) in [5.74, 6) is -1.22. The van der Waals surface area contributed by atoms with Gasteiger partial charge in [-0.05, 0) is 70.6 Å². The maximum atomic E-state index is 13.3. The van der Waals surface area contributed by atoms with Gasteiger partial charge < -0.3 is 45.1 Å². The van der Waals surface area contributed by atoms with Gasteiger partial charge in [-0.2, -0.15) is 0 Å². The first kappa shape index (κ1) is 67.1. The molecule has 416 valence electrons. The van der Waals surface area contributed by atoms with Crippen molar-refractivity contribution in [3.8, 4) is 0 Å². The average molecular weight is 1010 g/mol. The van der Waals surface area contributed by atoms with Crippen LogP contribution in [0.5, 0.6) is 0 Å². The van der Waals surface area contributed by atoms with Crippen molar-refractivity contribution in [2.45, 2.75) is 288 Å². The number of unbranched alkanes of at least 4 members (excludes halogenated alkanes) is 24. The van der Waals surface area contributed by atoms with Gasteiger partial charge in [-0.1, -0.05) is 235 Å². The Morgan fingerprint density at radius 3 is 1.50 bits per heavy atom. The van der Waals surface area contributed by atoms with Gasteiger partial charge in [0.1, 0.15) is 24.4 Å².